The smallest absolute Gasteiger partial charge is 0.419 e. The quantitative estimate of drug-likeness (QED) is 0.267. The van der Waals surface area contributed by atoms with Gasteiger partial charge in [0.25, 0.3) is 0 Å². The van der Waals surface area contributed by atoms with Gasteiger partial charge in [-0.2, -0.15) is 13.2 Å². The summed E-state index contributed by atoms with van der Waals surface area (Å²) >= 11 is 0. The van der Waals surface area contributed by atoms with Gasteiger partial charge in [0.1, 0.15) is 6.61 Å². The van der Waals surface area contributed by atoms with Crippen molar-refractivity contribution >= 4 is 22.7 Å². The van der Waals surface area contributed by atoms with Gasteiger partial charge in [0.2, 0.25) is 0 Å². The molecule has 0 aliphatic heterocycles. The number of fused-ring (bicyclic) bond motifs is 1. The van der Waals surface area contributed by atoms with E-state index in [9.17, 15) is 27.2 Å². The molecule has 0 aliphatic carbocycles. The molecule has 4 nitrogen and oxygen atoms in total. The molecule has 0 spiro atoms. The van der Waals surface area contributed by atoms with Crippen molar-refractivity contribution < 1.29 is 36.6 Å². The van der Waals surface area contributed by atoms with E-state index in [2.05, 4.69) is 4.74 Å². The van der Waals surface area contributed by atoms with Crippen LogP contribution in [0.4, 0.5) is 17.6 Å². The minimum absolute atomic E-state index is 0.0516. The van der Waals surface area contributed by atoms with Crippen LogP contribution >= 0.6 is 0 Å². The summed E-state index contributed by atoms with van der Waals surface area (Å²) in [4.78, 5) is 23.7. The van der Waals surface area contributed by atoms with E-state index in [0.717, 1.165) is 28.5 Å². The van der Waals surface area contributed by atoms with Crippen molar-refractivity contribution in [2.24, 2.45) is 0 Å². The summed E-state index contributed by atoms with van der Waals surface area (Å²) in [5, 5.41) is 2.08. The summed E-state index contributed by atoms with van der Waals surface area (Å²) in [6.07, 6.45) is -5.22. The van der Waals surface area contributed by atoms with Crippen LogP contribution in [0, 0.1) is 5.82 Å². The largest absolute Gasteiger partial charge is 0.461 e. The van der Waals surface area contributed by atoms with Crippen LogP contribution in [-0.4, -0.2) is 11.9 Å². The molecule has 0 saturated heterocycles. The van der Waals surface area contributed by atoms with Crippen LogP contribution in [-0.2, 0) is 27.1 Å². The summed E-state index contributed by atoms with van der Waals surface area (Å²) in [7, 11) is 0. The molecule has 31 heavy (non-hydrogen) atoms. The Bertz CT molecular complexity index is 1090. The highest BCUT2D eigenvalue weighted by atomic mass is 19.4. The SMILES string of the molecule is O=C(CCCC(=O)Oc1cccc(C(F)(F)F)c1F)OCc1ccc2ccccc2c1. The van der Waals surface area contributed by atoms with Crippen LogP contribution < -0.4 is 4.74 Å². The number of carbonyl (C=O) groups is 2. The van der Waals surface area contributed by atoms with Gasteiger partial charge in [0, 0.05) is 12.8 Å². The molecule has 0 aromatic heterocycles. The lowest BCUT2D eigenvalue weighted by Crippen LogP contribution is -2.13. The average molecular weight is 434 g/mol. The molecule has 3 aromatic carbocycles. The van der Waals surface area contributed by atoms with Crippen molar-refractivity contribution in [3.63, 3.8) is 0 Å². The van der Waals surface area contributed by atoms with Crippen molar-refractivity contribution in [3.05, 3.63) is 77.6 Å². The summed E-state index contributed by atoms with van der Waals surface area (Å²) in [6, 6.07) is 15.8. The Hall–Kier alpha value is -3.42. The van der Waals surface area contributed by atoms with E-state index in [1.807, 2.05) is 42.5 Å². The van der Waals surface area contributed by atoms with E-state index in [-0.39, 0.29) is 25.9 Å². The van der Waals surface area contributed by atoms with E-state index in [0.29, 0.717) is 6.07 Å². The summed E-state index contributed by atoms with van der Waals surface area (Å²) < 4.78 is 61.8. The topological polar surface area (TPSA) is 52.6 Å². The van der Waals surface area contributed by atoms with E-state index in [1.165, 1.54) is 0 Å². The third-order valence-electron chi connectivity index (χ3n) is 4.47. The number of rotatable bonds is 7. The van der Waals surface area contributed by atoms with Crippen LogP contribution in [0.5, 0.6) is 5.75 Å². The lowest BCUT2D eigenvalue weighted by Gasteiger charge is -2.11. The molecular formula is C23H18F4O4. The number of ether oxygens (including phenoxy) is 2. The normalized spacial score (nSPS) is 11.4. The second-order valence-corrected chi connectivity index (χ2v) is 6.79. The minimum Gasteiger partial charge on any atom is -0.461 e. The van der Waals surface area contributed by atoms with Gasteiger partial charge in [-0.05, 0) is 41.0 Å². The molecule has 3 rings (SSSR count). The van der Waals surface area contributed by atoms with E-state index in [4.69, 9.17) is 4.74 Å². The molecule has 3 aromatic rings. The molecular weight excluding hydrogens is 416 g/mol. The number of benzene rings is 3. The molecule has 0 radical (unpaired) electrons. The minimum atomic E-state index is -4.90. The zero-order valence-corrected chi connectivity index (χ0v) is 16.2. The highest BCUT2D eigenvalue weighted by Gasteiger charge is 2.35. The zero-order valence-electron chi connectivity index (χ0n) is 16.2. The number of esters is 2. The number of alkyl halides is 3. The summed E-state index contributed by atoms with van der Waals surface area (Å²) in [5.74, 6) is -3.94. The number of halogens is 4. The van der Waals surface area contributed by atoms with Gasteiger partial charge < -0.3 is 9.47 Å². The molecule has 0 atom stereocenters. The van der Waals surface area contributed by atoms with Crippen molar-refractivity contribution in [2.75, 3.05) is 0 Å². The van der Waals surface area contributed by atoms with Crippen LogP contribution in [0.25, 0.3) is 10.8 Å². The Kier molecular flexibility index (Phi) is 6.89. The van der Waals surface area contributed by atoms with Gasteiger partial charge in [0.05, 0.1) is 5.56 Å². The second-order valence-electron chi connectivity index (χ2n) is 6.79. The van der Waals surface area contributed by atoms with Gasteiger partial charge in [-0.1, -0.05) is 42.5 Å². The Morgan fingerprint density at radius 1 is 0.839 bits per heavy atom. The first kappa shape index (κ1) is 22.3. The third kappa shape index (κ3) is 6.04. The molecule has 0 aliphatic rings. The zero-order chi connectivity index (χ0) is 22.4. The van der Waals surface area contributed by atoms with E-state index < -0.39 is 35.2 Å². The lowest BCUT2D eigenvalue weighted by atomic mass is 10.1. The number of hydrogen-bond acceptors (Lipinski definition) is 4. The van der Waals surface area contributed by atoms with Crippen LogP contribution in [0.1, 0.15) is 30.4 Å². The van der Waals surface area contributed by atoms with E-state index in [1.54, 1.807) is 0 Å². The van der Waals surface area contributed by atoms with E-state index >= 15 is 0 Å². The van der Waals surface area contributed by atoms with Crippen LogP contribution in [0.15, 0.2) is 60.7 Å². The Morgan fingerprint density at radius 3 is 2.29 bits per heavy atom. The number of hydrogen-bond donors (Lipinski definition) is 0. The maximum absolute atomic E-state index is 13.9. The molecule has 0 unspecified atom stereocenters. The summed E-state index contributed by atoms with van der Waals surface area (Å²) in [5.41, 5.74) is -0.707. The molecule has 0 amide bonds. The number of carbonyl (C=O) groups excluding carboxylic acids is 2. The molecule has 8 heteroatoms. The van der Waals surface area contributed by atoms with Gasteiger partial charge >= 0.3 is 18.1 Å². The second kappa shape index (κ2) is 9.59. The van der Waals surface area contributed by atoms with Gasteiger partial charge in [-0.15, -0.1) is 0 Å². The third-order valence-corrected chi connectivity index (χ3v) is 4.47. The van der Waals surface area contributed by atoms with Gasteiger partial charge in [-0.3, -0.25) is 9.59 Å². The first-order valence-electron chi connectivity index (χ1n) is 9.44. The molecule has 0 bridgehead atoms. The first-order chi connectivity index (χ1) is 14.7. The van der Waals surface area contributed by atoms with Gasteiger partial charge in [-0.25, -0.2) is 4.39 Å². The fourth-order valence-electron chi connectivity index (χ4n) is 2.92. The molecule has 0 fully saturated rings. The molecule has 0 saturated carbocycles. The average Bonchev–Trinajstić information content (AvgIpc) is 2.72. The Balaban J connectivity index is 1.44. The molecule has 0 N–H and O–H groups in total. The van der Waals surface area contributed by atoms with Gasteiger partial charge in [0.15, 0.2) is 11.6 Å². The van der Waals surface area contributed by atoms with Crippen molar-refractivity contribution in [3.8, 4) is 5.75 Å². The van der Waals surface area contributed by atoms with Crippen molar-refractivity contribution in [1.29, 1.82) is 0 Å². The predicted octanol–water partition coefficient (Wildman–Crippen LogP) is 5.82. The maximum Gasteiger partial charge on any atom is 0.419 e. The fraction of sp³-hybridized carbons (Fsp3) is 0.217. The standard InChI is InChI=1S/C23H18F4O4/c24-22-18(23(25,26)27)7-3-8-19(22)31-21(29)10-4-9-20(28)30-14-15-11-12-16-5-1-2-6-17(16)13-15/h1-3,5-8,11-13H,4,9-10,14H2. The van der Waals surface area contributed by atoms with Crippen LogP contribution in [0.2, 0.25) is 0 Å². The van der Waals surface area contributed by atoms with Crippen molar-refractivity contribution in [2.45, 2.75) is 32.0 Å². The lowest BCUT2D eigenvalue weighted by molar-refractivity contribution is -0.145. The van der Waals surface area contributed by atoms with Crippen LogP contribution in [0.3, 0.4) is 0 Å². The highest BCUT2D eigenvalue weighted by Crippen LogP contribution is 2.34. The highest BCUT2D eigenvalue weighted by molar-refractivity contribution is 5.83. The fourth-order valence-corrected chi connectivity index (χ4v) is 2.92. The first-order valence-corrected chi connectivity index (χ1v) is 9.44. The Labute approximate surface area is 175 Å². The predicted molar refractivity (Wildman–Crippen MR) is 105 cm³/mol. The monoisotopic (exact) mass is 434 g/mol. The van der Waals surface area contributed by atoms with Crippen molar-refractivity contribution in [1.82, 2.24) is 0 Å². The Morgan fingerprint density at radius 2 is 1.55 bits per heavy atom. The molecule has 162 valence electrons. The molecule has 0 heterocycles. The summed E-state index contributed by atoms with van der Waals surface area (Å²) in [6.45, 7) is 0.0730. The maximum atomic E-state index is 13.9.